The molecule has 2 rings (SSSR count). The standard InChI is InChI=1S/C20H25NO3/c1-3-23-19-12-5-4-9-17(19)13-14-20(22)24-15-7-11-18-10-6-8-16(2)21-18/h4-6,8-10,12H,3,7,11,13-15H2,1-2H3. The van der Waals surface area contributed by atoms with Crippen LogP contribution in [0.2, 0.25) is 0 Å². The maximum atomic E-state index is 11.9. The molecule has 1 heterocycles. The van der Waals surface area contributed by atoms with Crippen LogP contribution in [-0.2, 0) is 22.4 Å². The Bertz CT molecular complexity index is 655. The lowest BCUT2D eigenvalue weighted by Crippen LogP contribution is -2.08. The first kappa shape index (κ1) is 18.0. The molecule has 0 unspecified atom stereocenters. The second-order valence-corrected chi connectivity index (χ2v) is 5.64. The molecule has 0 saturated heterocycles. The normalized spacial score (nSPS) is 10.4. The van der Waals surface area contributed by atoms with Crippen molar-refractivity contribution in [2.45, 2.75) is 39.5 Å². The Hall–Kier alpha value is -2.36. The van der Waals surface area contributed by atoms with Crippen molar-refractivity contribution in [2.75, 3.05) is 13.2 Å². The van der Waals surface area contributed by atoms with E-state index in [4.69, 9.17) is 9.47 Å². The lowest BCUT2D eigenvalue weighted by molar-refractivity contribution is -0.143. The van der Waals surface area contributed by atoms with E-state index in [1.54, 1.807) is 0 Å². The van der Waals surface area contributed by atoms with Gasteiger partial charge in [0.1, 0.15) is 5.75 Å². The SMILES string of the molecule is CCOc1ccccc1CCC(=O)OCCCc1cccc(C)n1. The Balaban J connectivity index is 1.68. The number of nitrogens with zero attached hydrogens (tertiary/aromatic N) is 1. The van der Waals surface area contributed by atoms with E-state index in [0.717, 1.165) is 35.5 Å². The summed E-state index contributed by atoms with van der Waals surface area (Å²) < 4.78 is 10.9. The molecule has 0 fully saturated rings. The largest absolute Gasteiger partial charge is 0.494 e. The van der Waals surface area contributed by atoms with Crippen molar-refractivity contribution in [3.05, 3.63) is 59.4 Å². The van der Waals surface area contributed by atoms with E-state index in [1.807, 2.05) is 56.3 Å². The van der Waals surface area contributed by atoms with Gasteiger partial charge in [-0.15, -0.1) is 0 Å². The highest BCUT2D eigenvalue weighted by Crippen LogP contribution is 2.19. The third-order valence-corrected chi connectivity index (χ3v) is 3.66. The van der Waals surface area contributed by atoms with Gasteiger partial charge in [-0.2, -0.15) is 0 Å². The lowest BCUT2D eigenvalue weighted by atomic mass is 10.1. The number of para-hydroxylation sites is 1. The first-order chi connectivity index (χ1) is 11.7. The van der Waals surface area contributed by atoms with E-state index < -0.39 is 0 Å². The predicted octanol–water partition coefficient (Wildman–Crippen LogP) is 3.90. The number of carbonyl (C=O) groups excluding carboxylic acids is 1. The molecule has 0 aliphatic carbocycles. The summed E-state index contributed by atoms with van der Waals surface area (Å²) in [6.07, 6.45) is 2.61. The molecule has 0 atom stereocenters. The summed E-state index contributed by atoms with van der Waals surface area (Å²) in [7, 11) is 0. The number of hydrogen-bond acceptors (Lipinski definition) is 4. The van der Waals surface area contributed by atoms with Crippen molar-refractivity contribution in [1.82, 2.24) is 4.98 Å². The summed E-state index contributed by atoms with van der Waals surface area (Å²) in [6, 6.07) is 13.8. The molecule has 0 aliphatic rings. The predicted molar refractivity (Wildman–Crippen MR) is 94.2 cm³/mol. The van der Waals surface area contributed by atoms with Crippen molar-refractivity contribution in [2.24, 2.45) is 0 Å². The molecule has 0 spiro atoms. The second-order valence-electron chi connectivity index (χ2n) is 5.64. The van der Waals surface area contributed by atoms with Crippen molar-refractivity contribution < 1.29 is 14.3 Å². The number of ether oxygens (including phenoxy) is 2. The van der Waals surface area contributed by atoms with Crippen molar-refractivity contribution in [3.63, 3.8) is 0 Å². The number of pyridine rings is 1. The molecule has 0 amide bonds. The molecular weight excluding hydrogens is 302 g/mol. The van der Waals surface area contributed by atoms with Crippen LogP contribution >= 0.6 is 0 Å². The van der Waals surface area contributed by atoms with Gasteiger partial charge in [-0.1, -0.05) is 24.3 Å². The number of carbonyl (C=O) groups is 1. The van der Waals surface area contributed by atoms with Crippen LogP contribution in [-0.4, -0.2) is 24.2 Å². The van der Waals surface area contributed by atoms with Gasteiger partial charge in [-0.05, 0) is 56.9 Å². The van der Waals surface area contributed by atoms with Gasteiger partial charge in [0.15, 0.2) is 0 Å². The van der Waals surface area contributed by atoms with Gasteiger partial charge in [0.05, 0.1) is 13.2 Å². The van der Waals surface area contributed by atoms with E-state index >= 15 is 0 Å². The van der Waals surface area contributed by atoms with Crippen LogP contribution in [0.15, 0.2) is 42.5 Å². The zero-order chi connectivity index (χ0) is 17.2. The molecule has 4 nitrogen and oxygen atoms in total. The topological polar surface area (TPSA) is 48.4 Å². The highest BCUT2D eigenvalue weighted by molar-refractivity contribution is 5.69. The van der Waals surface area contributed by atoms with Crippen molar-refractivity contribution in [3.8, 4) is 5.75 Å². The Morgan fingerprint density at radius 3 is 2.71 bits per heavy atom. The minimum atomic E-state index is -0.168. The van der Waals surface area contributed by atoms with E-state index in [-0.39, 0.29) is 5.97 Å². The summed E-state index contributed by atoms with van der Waals surface area (Å²) in [4.78, 5) is 16.3. The van der Waals surface area contributed by atoms with Crippen LogP contribution < -0.4 is 4.74 Å². The third-order valence-electron chi connectivity index (χ3n) is 3.66. The van der Waals surface area contributed by atoms with Gasteiger partial charge in [0.2, 0.25) is 0 Å². The molecular formula is C20H25NO3. The summed E-state index contributed by atoms with van der Waals surface area (Å²) >= 11 is 0. The van der Waals surface area contributed by atoms with Crippen LogP contribution in [0.25, 0.3) is 0 Å². The van der Waals surface area contributed by atoms with Gasteiger partial charge in [-0.3, -0.25) is 9.78 Å². The fourth-order valence-electron chi connectivity index (χ4n) is 2.49. The monoisotopic (exact) mass is 327 g/mol. The number of hydrogen-bond donors (Lipinski definition) is 0. The number of rotatable bonds is 9. The molecule has 4 heteroatoms. The Morgan fingerprint density at radius 1 is 1.08 bits per heavy atom. The van der Waals surface area contributed by atoms with Gasteiger partial charge in [0.25, 0.3) is 0 Å². The highest BCUT2D eigenvalue weighted by atomic mass is 16.5. The molecule has 24 heavy (non-hydrogen) atoms. The minimum absolute atomic E-state index is 0.168. The molecule has 0 saturated carbocycles. The molecule has 1 aromatic heterocycles. The molecule has 0 radical (unpaired) electrons. The van der Waals surface area contributed by atoms with E-state index in [2.05, 4.69) is 4.98 Å². The molecule has 128 valence electrons. The fourth-order valence-corrected chi connectivity index (χ4v) is 2.49. The van der Waals surface area contributed by atoms with Gasteiger partial charge < -0.3 is 9.47 Å². The van der Waals surface area contributed by atoms with Crippen LogP contribution in [0.5, 0.6) is 5.75 Å². The zero-order valence-corrected chi connectivity index (χ0v) is 14.5. The Morgan fingerprint density at radius 2 is 1.92 bits per heavy atom. The molecule has 2 aromatic rings. The summed E-state index contributed by atoms with van der Waals surface area (Å²) in [5, 5.41) is 0. The summed E-state index contributed by atoms with van der Waals surface area (Å²) in [6.45, 7) is 4.98. The quantitative estimate of drug-likeness (QED) is 0.518. The minimum Gasteiger partial charge on any atom is -0.494 e. The number of aryl methyl sites for hydroxylation is 3. The number of esters is 1. The number of benzene rings is 1. The smallest absolute Gasteiger partial charge is 0.306 e. The summed E-state index contributed by atoms with van der Waals surface area (Å²) in [5.41, 5.74) is 3.09. The maximum Gasteiger partial charge on any atom is 0.306 e. The molecule has 0 aliphatic heterocycles. The van der Waals surface area contributed by atoms with Crippen molar-refractivity contribution >= 4 is 5.97 Å². The molecule has 1 aromatic carbocycles. The summed E-state index contributed by atoms with van der Waals surface area (Å²) in [5.74, 6) is 0.678. The highest BCUT2D eigenvalue weighted by Gasteiger charge is 2.07. The maximum absolute atomic E-state index is 11.9. The first-order valence-corrected chi connectivity index (χ1v) is 8.48. The van der Waals surface area contributed by atoms with Crippen LogP contribution in [0.1, 0.15) is 36.7 Å². The average molecular weight is 327 g/mol. The van der Waals surface area contributed by atoms with Gasteiger partial charge in [0, 0.05) is 17.8 Å². The third kappa shape index (κ3) is 6.03. The zero-order valence-electron chi connectivity index (χ0n) is 14.5. The van der Waals surface area contributed by atoms with Crippen molar-refractivity contribution in [1.29, 1.82) is 0 Å². The Labute approximate surface area is 143 Å². The molecule has 0 bridgehead atoms. The van der Waals surface area contributed by atoms with E-state index in [1.165, 1.54) is 0 Å². The fraction of sp³-hybridized carbons (Fsp3) is 0.400. The van der Waals surface area contributed by atoms with E-state index in [0.29, 0.717) is 26.1 Å². The second kappa shape index (κ2) is 9.71. The first-order valence-electron chi connectivity index (χ1n) is 8.48. The van der Waals surface area contributed by atoms with Gasteiger partial charge >= 0.3 is 5.97 Å². The Kier molecular flexibility index (Phi) is 7.27. The molecule has 0 N–H and O–H groups in total. The van der Waals surface area contributed by atoms with Crippen LogP contribution in [0.4, 0.5) is 0 Å². The average Bonchev–Trinajstić information content (AvgIpc) is 2.58. The van der Waals surface area contributed by atoms with Gasteiger partial charge in [-0.25, -0.2) is 0 Å². The van der Waals surface area contributed by atoms with E-state index in [9.17, 15) is 4.79 Å². The van der Waals surface area contributed by atoms with Crippen LogP contribution in [0, 0.1) is 6.92 Å². The van der Waals surface area contributed by atoms with Crippen LogP contribution in [0.3, 0.4) is 0 Å². The number of aromatic nitrogens is 1. The lowest BCUT2D eigenvalue weighted by Gasteiger charge is -2.10.